The van der Waals surface area contributed by atoms with E-state index in [1.807, 2.05) is 13.0 Å². The van der Waals surface area contributed by atoms with Gasteiger partial charge in [-0.1, -0.05) is 0 Å². The van der Waals surface area contributed by atoms with E-state index in [0.717, 1.165) is 0 Å². The molecule has 1 aromatic rings. The standard InChI is InChI=1S/C10H10O3/c1-6-3-4-8-9(12-6)5-7(2)13-10(8)11/h3-6H,1-2H3/t6-/m0/s1. The fourth-order valence-corrected chi connectivity index (χ4v) is 1.31. The quantitative estimate of drug-likeness (QED) is 0.607. The van der Waals surface area contributed by atoms with E-state index in [4.69, 9.17) is 9.15 Å². The summed E-state index contributed by atoms with van der Waals surface area (Å²) in [5, 5.41) is 0. The summed E-state index contributed by atoms with van der Waals surface area (Å²) in [6.07, 6.45) is 3.59. The first-order valence-corrected chi connectivity index (χ1v) is 4.16. The highest BCUT2D eigenvalue weighted by atomic mass is 16.5. The molecule has 0 saturated heterocycles. The molecule has 0 aromatic carbocycles. The van der Waals surface area contributed by atoms with Gasteiger partial charge in [-0.05, 0) is 26.0 Å². The molecule has 68 valence electrons. The second kappa shape index (κ2) is 2.76. The minimum absolute atomic E-state index is 0.0219. The predicted octanol–water partition coefficient (Wildman–Crippen LogP) is 1.74. The first-order valence-electron chi connectivity index (χ1n) is 4.16. The Balaban J connectivity index is 2.63. The summed E-state index contributed by atoms with van der Waals surface area (Å²) in [5.41, 5.74) is 0.168. The van der Waals surface area contributed by atoms with Crippen LogP contribution in [0.2, 0.25) is 0 Å². The van der Waals surface area contributed by atoms with Gasteiger partial charge in [-0.15, -0.1) is 0 Å². The maximum Gasteiger partial charge on any atom is 0.346 e. The number of hydrogen-bond acceptors (Lipinski definition) is 3. The van der Waals surface area contributed by atoms with E-state index in [-0.39, 0.29) is 11.7 Å². The molecular formula is C10H10O3. The highest BCUT2D eigenvalue weighted by Gasteiger charge is 2.15. The molecule has 0 fully saturated rings. The smallest absolute Gasteiger partial charge is 0.346 e. The topological polar surface area (TPSA) is 39.4 Å². The summed E-state index contributed by atoms with van der Waals surface area (Å²) >= 11 is 0. The van der Waals surface area contributed by atoms with Gasteiger partial charge in [-0.2, -0.15) is 0 Å². The summed E-state index contributed by atoms with van der Waals surface area (Å²) in [6, 6.07) is 1.73. The number of aryl methyl sites for hydroxylation is 1. The summed E-state index contributed by atoms with van der Waals surface area (Å²) in [4.78, 5) is 11.3. The monoisotopic (exact) mass is 178 g/mol. The molecule has 0 bridgehead atoms. The van der Waals surface area contributed by atoms with E-state index in [9.17, 15) is 4.79 Å². The lowest BCUT2D eigenvalue weighted by atomic mass is 10.1. The Kier molecular flexibility index (Phi) is 1.72. The van der Waals surface area contributed by atoms with Crippen LogP contribution in [0.3, 0.4) is 0 Å². The van der Waals surface area contributed by atoms with Gasteiger partial charge in [0.15, 0.2) is 0 Å². The van der Waals surface area contributed by atoms with Crippen LogP contribution >= 0.6 is 0 Å². The van der Waals surface area contributed by atoms with Crippen molar-refractivity contribution in [3.8, 4) is 5.75 Å². The molecule has 3 heteroatoms. The molecule has 0 aliphatic carbocycles. The molecule has 0 radical (unpaired) electrons. The van der Waals surface area contributed by atoms with Crippen LogP contribution in [0.15, 0.2) is 21.4 Å². The first kappa shape index (κ1) is 8.10. The van der Waals surface area contributed by atoms with Crippen LogP contribution in [-0.2, 0) is 0 Å². The van der Waals surface area contributed by atoms with Crippen molar-refractivity contribution in [3.05, 3.63) is 33.9 Å². The molecule has 1 aliphatic rings. The molecule has 1 aliphatic heterocycles. The Bertz CT molecular complexity index is 415. The van der Waals surface area contributed by atoms with E-state index < -0.39 is 0 Å². The van der Waals surface area contributed by atoms with Gasteiger partial charge >= 0.3 is 5.63 Å². The van der Waals surface area contributed by atoms with Crippen LogP contribution in [0.5, 0.6) is 5.75 Å². The van der Waals surface area contributed by atoms with E-state index in [1.54, 1.807) is 19.1 Å². The lowest BCUT2D eigenvalue weighted by molar-refractivity contribution is 0.261. The van der Waals surface area contributed by atoms with Gasteiger partial charge in [0.05, 0.1) is 0 Å². The Morgan fingerprint density at radius 3 is 3.00 bits per heavy atom. The second-order valence-corrected chi connectivity index (χ2v) is 3.10. The molecule has 13 heavy (non-hydrogen) atoms. The zero-order valence-corrected chi connectivity index (χ0v) is 7.53. The molecule has 0 unspecified atom stereocenters. The molecule has 3 nitrogen and oxygen atoms in total. The normalized spacial score (nSPS) is 19.4. The molecule has 0 spiro atoms. The minimum atomic E-state index is -0.335. The lowest BCUT2D eigenvalue weighted by Crippen LogP contribution is -2.17. The van der Waals surface area contributed by atoms with Crippen molar-refractivity contribution < 1.29 is 9.15 Å². The van der Waals surface area contributed by atoms with Crippen LogP contribution in [0, 0.1) is 6.92 Å². The Labute approximate surface area is 75.6 Å². The number of fused-ring (bicyclic) bond motifs is 1. The highest BCUT2D eigenvalue weighted by molar-refractivity contribution is 5.58. The van der Waals surface area contributed by atoms with Gasteiger partial charge in [0.25, 0.3) is 0 Å². The third-order valence-corrected chi connectivity index (χ3v) is 1.92. The lowest BCUT2D eigenvalue weighted by Gasteiger charge is -2.16. The fraction of sp³-hybridized carbons (Fsp3) is 0.300. The van der Waals surface area contributed by atoms with Crippen LogP contribution in [-0.4, -0.2) is 6.10 Å². The zero-order chi connectivity index (χ0) is 9.42. The maximum atomic E-state index is 11.3. The molecular weight excluding hydrogens is 168 g/mol. The van der Waals surface area contributed by atoms with Crippen LogP contribution < -0.4 is 10.4 Å². The predicted molar refractivity (Wildman–Crippen MR) is 48.8 cm³/mol. The maximum absolute atomic E-state index is 11.3. The Morgan fingerprint density at radius 1 is 1.46 bits per heavy atom. The molecule has 2 rings (SSSR count). The van der Waals surface area contributed by atoms with E-state index in [0.29, 0.717) is 17.1 Å². The van der Waals surface area contributed by atoms with Crippen molar-refractivity contribution in [1.29, 1.82) is 0 Å². The van der Waals surface area contributed by atoms with Gasteiger partial charge in [0, 0.05) is 6.07 Å². The average molecular weight is 178 g/mol. The van der Waals surface area contributed by atoms with E-state index in [1.165, 1.54) is 0 Å². The third-order valence-electron chi connectivity index (χ3n) is 1.92. The van der Waals surface area contributed by atoms with Gasteiger partial charge in [-0.3, -0.25) is 0 Å². The number of ether oxygens (including phenoxy) is 1. The molecule has 0 saturated carbocycles. The minimum Gasteiger partial charge on any atom is -0.486 e. The van der Waals surface area contributed by atoms with Crippen molar-refractivity contribution in [2.75, 3.05) is 0 Å². The first-order chi connectivity index (χ1) is 6.16. The largest absolute Gasteiger partial charge is 0.486 e. The number of hydrogen-bond donors (Lipinski definition) is 0. The highest BCUT2D eigenvalue weighted by Crippen LogP contribution is 2.23. The number of rotatable bonds is 0. The van der Waals surface area contributed by atoms with E-state index in [2.05, 4.69) is 0 Å². The molecule has 0 amide bonds. The van der Waals surface area contributed by atoms with Gasteiger partial charge in [-0.25, -0.2) is 4.79 Å². The Hall–Kier alpha value is -1.51. The molecule has 1 atom stereocenters. The van der Waals surface area contributed by atoms with Crippen molar-refractivity contribution in [2.24, 2.45) is 0 Å². The fourth-order valence-electron chi connectivity index (χ4n) is 1.31. The van der Waals surface area contributed by atoms with Crippen molar-refractivity contribution in [3.63, 3.8) is 0 Å². The zero-order valence-electron chi connectivity index (χ0n) is 7.53. The molecule has 1 aromatic heterocycles. The summed E-state index contributed by atoms with van der Waals surface area (Å²) < 4.78 is 10.4. The summed E-state index contributed by atoms with van der Waals surface area (Å²) in [6.45, 7) is 3.65. The van der Waals surface area contributed by atoms with Gasteiger partial charge in [0.2, 0.25) is 0 Å². The van der Waals surface area contributed by atoms with Crippen molar-refractivity contribution in [2.45, 2.75) is 20.0 Å². The molecule has 2 heterocycles. The Morgan fingerprint density at radius 2 is 2.23 bits per heavy atom. The van der Waals surface area contributed by atoms with Gasteiger partial charge < -0.3 is 9.15 Å². The average Bonchev–Trinajstić information content (AvgIpc) is 2.02. The third kappa shape index (κ3) is 1.37. The van der Waals surface area contributed by atoms with Gasteiger partial charge in [0.1, 0.15) is 23.2 Å². The van der Waals surface area contributed by atoms with Crippen LogP contribution in [0.25, 0.3) is 6.08 Å². The van der Waals surface area contributed by atoms with Crippen molar-refractivity contribution >= 4 is 6.08 Å². The van der Waals surface area contributed by atoms with E-state index >= 15 is 0 Å². The summed E-state index contributed by atoms with van der Waals surface area (Å²) in [5.74, 6) is 1.19. The van der Waals surface area contributed by atoms with Crippen molar-refractivity contribution in [1.82, 2.24) is 0 Å². The summed E-state index contributed by atoms with van der Waals surface area (Å²) in [7, 11) is 0. The second-order valence-electron chi connectivity index (χ2n) is 3.10. The molecule has 0 N–H and O–H groups in total. The van der Waals surface area contributed by atoms with Crippen LogP contribution in [0.4, 0.5) is 0 Å². The SMILES string of the molecule is Cc1cc2c(c(=O)o1)C=C[C@H](C)O2. The van der Waals surface area contributed by atoms with Crippen LogP contribution in [0.1, 0.15) is 18.2 Å².